The molecule has 2 N–H and O–H groups in total. The van der Waals surface area contributed by atoms with Crippen molar-refractivity contribution in [3.63, 3.8) is 0 Å². The van der Waals surface area contributed by atoms with Gasteiger partial charge in [0, 0.05) is 6.54 Å². The Bertz CT molecular complexity index is 701. The average molecular weight is 274 g/mol. The van der Waals surface area contributed by atoms with Crippen molar-refractivity contribution < 1.29 is 5.11 Å². The first-order chi connectivity index (χ1) is 9.50. The summed E-state index contributed by atoms with van der Waals surface area (Å²) in [6.07, 6.45) is 0.697. The van der Waals surface area contributed by atoms with Crippen molar-refractivity contribution in [1.82, 2.24) is 9.55 Å². The smallest absolute Gasteiger partial charge is 0.331 e. The van der Waals surface area contributed by atoms with Gasteiger partial charge < -0.3 is 5.11 Å². The summed E-state index contributed by atoms with van der Waals surface area (Å²) < 4.78 is 1.20. The van der Waals surface area contributed by atoms with E-state index in [9.17, 15) is 14.7 Å². The van der Waals surface area contributed by atoms with Gasteiger partial charge in [-0.25, -0.2) is 4.79 Å². The van der Waals surface area contributed by atoms with Crippen molar-refractivity contribution in [3.8, 4) is 5.88 Å². The Hall–Kier alpha value is -2.30. The monoisotopic (exact) mass is 274 g/mol. The Morgan fingerprint density at radius 1 is 1.25 bits per heavy atom. The van der Waals surface area contributed by atoms with Crippen LogP contribution in [0.25, 0.3) is 0 Å². The molecule has 0 aliphatic carbocycles. The second kappa shape index (κ2) is 5.77. The zero-order valence-corrected chi connectivity index (χ0v) is 11.6. The first-order valence-electron chi connectivity index (χ1n) is 6.58. The van der Waals surface area contributed by atoms with Crippen LogP contribution in [-0.2, 0) is 6.54 Å². The van der Waals surface area contributed by atoms with E-state index in [1.165, 1.54) is 17.1 Å². The van der Waals surface area contributed by atoms with E-state index in [1.54, 1.807) is 0 Å². The van der Waals surface area contributed by atoms with Crippen LogP contribution in [0.15, 0.2) is 39.9 Å². The summed E-state index contributed by atoms with van der Waals surface area (Å²) >= 11 is 0. The summed E-state index contributed by atoms with van der Waals surface area (Å²) in [5.74, 6) is 0.00810. The van der Waals surface area contributed by atoms with Crippen molar-refractivity contribution >= 4 is 0 Å². The fourth-order valence-electron chi connectivity index (χ4n) is 2.14. The van der Waals surface area contributed by atoms with E-state index in [1.807, 2.05) is 30.3 Å². The van der Waals surface area contributed by atoms with E-state index in [0.29, 0.717) is 13.0 Å². The van der Waals surface area contributed by atoms with E-state index in [2.05, 4.69) is 11.9 Å². The maximum absolute atomic E-state index is 11.7. The highest BCUT2D eigenvalue weighted by molar-refractivity contribution is 5.21. The number of aromatic hydroxyl groups is 1. The molecule has 0 spiro atoms. The van der Waals surface area contributed by atoms with E-state index < -0.39 is 11.2 Å². The van der Waals surface area contributed by atoms with Crippen LogP contribution >= 0.6 is 0 Å². The Morgan fingerprint density at radius 3 is 2.55 bits per heavy atom. The summed E-state index contributed by atoms with van der Waals surface area (Å²) in [6.45, 7) is 3.92. The van der Waals surface area contributed by atoms with E-state index >= 15 is 0 Å². The van der Waals surface area contributed by atoms with E-state index in [0.717, 1.165) is 0 Å². The van der Waals surface area contributed by atoms with Crippen LogP contribution in [0, 0.1) is 6.92 Å². The molecule has 0 radical (unpaired) electrons. The fraction of sp³-hybridized carbons (Fsp3) is 0.333. The molecule has 5 nitrogen and oxygen atoms in total. The molecule has 20 heavy (non-hydrogen) atoms. The van der Waals surface area contributed by atoms with Gasteiger partial charge in [-0.2, -0.15) is 0 Å². The van der Waals surface area contributed by atoms with E-state index in [4.69, 9.17) is 0 Å². The van der Waals surface area contributed by atoms with Gasteiger partial charge in [0.1, 0.15) is 0 Å². The summed E-state index contributed by atoms with van der Waals surface area (Å²) in [5.41, 5.74) is 0.233. The van der Waals surface area contributed by atoms with E-state index in [-0.39, 0.29) is 17.4 Å². The molecule has 0 saturated carbocycles. The van der Waals surface area contributed by atoms with Gasteiger partial charge >= 0.3 is 5.69 Å². The number of nitrogens with zero attached hydrogens (tertiary/aromatic N) is 1. The van der Waals surface area contributed by atoms with Crippen molar-refractivity contribution in [1.29, 1.82) is 0 Å². The molecule has 1 heterocycles. The molecule has 0 amide bonds. The summed E-state index contributed by atoms with van der Waals surface area (Å²) in [6, 6.07) is 9.97. The Labute approximate surface area is 116 Å². The largest absolute Gasteiger partial charge is 0.494 e. The van der Waals surface area contributed by atoms with Gasteiger partial charge in [0.15, 0.2) is 0 Å². The molecule has 2 rings (SSSR count). The van der Waals surface area contributed by atoms with Gasteiger partial charge in [0.05, 0.1) is 5.56 Å². The average Bonchev–Trinajstić information content (AvgIpc) is 2.45. The Morgan fingerprint density at radius 2 is 1.90 bits per heavy atom. The predicted octanol–water partition coefficient (Wildman–Crippen LogP) is 1.74. The normalized spacial score (nSPS) is 12.3. The predicted molar refractivity (Wildman–Crippen MR) is 77.2 cm³/mol. The van der Waals surface area contributed by atoms with Gasteiger partial charge in [-0.05, 0) is 24.8 Å². The number of hydrogen-bond donors (Lipinski definition) is 2. The van der Waals surface area contributed by atoms with Crippen LogP contribution in [0.2, 0.25) is 0 Å². The van der Waals surface area contributed by atoms with Crippen LogP contribution in [0.3, 0.4) is 0 Å². The van der Waals surface area contributed by atoms with Gasteiger partial charge in [0.2, 0.25) is 5.88 Å². The van der Waals surface area contributed by atoms with Gasteiger partial charge in [-0.15, -0.1) is 0 Å². The van der Waals surface area contributed by atoms with Crippen molar-refractivity contribution in [2.75, 3.05) is 0 Å². The Balaban J connectivity index is 2.18. The highest BCUT2D eigenvalue weighted by atomic mass is 16.3. The first kappa shape index (κ1) is 14.1. The molecule has 1 unspecified atom stereocenters. The third kappa shape index (κ3) is 2.82. The van der Waals surface area contributed by atoms with Crippen LogP contribution in [0.1, 0.15) is 30.4 Å². The van der Waals surface area contributed by atoms with Crippen LogP contribution < -0.4 is 11.2 Å². The standard InChI is InChI=1S/C15H18N2O3/c1-10(12-6-4-3-5-7-12)8-9-17-14(19)11(2)13(18)16-15(17)20/h3-7,10,19H,8-9H2,1-2H3,(H,16,18,20). The quantitative estimate of drug-likeness (QED) is 0.891. The fourth-order valence-corrected chi connectivity index (χ4v) is 2.14. The lowest BCUT2D eigenvalue weighted by Crippen LogP contribution is -2.31. The number of H-pyrrole nitrogens is 1. The molecule has 0 saturated heterocycles. The molecule has 1 aromatic carbocycles. The number of aromatic nitrogens is 2. The van der Waals surface area contributed by atoms with Crippen molar-refractivity contribution in [2.24, 2.45) is 0 Å². The highest BCUT2D eigenvalue weighted by Crippen LogP contribution is 2.20. The minimum Gasteiger partial charge on any atom is -0.494 e. The van der Waals surface area contributed by atoms with Gasteiger partial charge in [0.25, 0.3) is 5.56 Å². The van der Waals surface area contributed by atoms with Gasteiger partial charge in [-0.1, -0.05) is 37.3 Å². The summed E-state index contributed by atoms with van der Waals surface area (Å²) in [5, 5.41) is 9.89. The zero-order chi connectivity index (χ0) is 14.7. The number of benzene rings is 1. The number of hydrogen-bond acceptors (Lipinski definition) is 3. The molecule has 0 bridgehead atoms. The second-order valence-corrected chi connectivity index (χ2v) is 4.96. The van der Waals surface area contributed by atoms with Crippen LogP contribution in [0.4, 0.5) is 0 Å². The van der Waals surface area contributed by atoms with Crippen molar-refractivity contribution in [2.45, 2.75) is 32.7 Å². The summed E-state index contributed by atoms with van der Waals surface area (Å²) in [7, 11) is 0. The lowest BCUT2D eigenvalue weighted by Gasteiger charge is -2.14. The molecular formula is C15H18N2O3. The molecule has 1 atom stereocenters. The lowest BCUT2D eigenvalue weighted by molar-refractivity contribution is 0.387. The molecule has 106 valence electrons. The van der Waals surface area contributed by atoms with Crippen LogP contribution in [-0.4, -0.2) is 14.7 Å². The summed E-state index contributed by atoms with van der Waals surface area (Å²) in [4.78, 5) is 25.3. The van der Waals surface area contributed by atoms with Gasteiger partial charge in [-0.3, -0.25) is 14.3 Å². The molecule has 0 aliphatic heterocycles. The lowest BCUT2D eigenvalue weighted by atomic mass is 9.98. The minimum atomic E-state index is -0.571. The zero-order valence-electron chi connectivity index (χ0n) is 11.6. The number of aromatic amines is 1. The third-order valence-electron chi connectivity index (χ3n) is 3.55. The number of nitrogens with one attached hydrogen (secondary N) is 1. The molecule has 5 heteroatoms. The SMILES string of the molecule is Cc1c(O)n(CCC(C)c2ccccc2)c(=O)[nH]c1=O. The molecule has 0 fully saturated rings. The van der Waals surface area contributed by atoms with Crippen molar-refractivity contribution in [3.05, 3.63) is 62.3 Å². The maximum atomic E-state index is 11.7. The van der Waals surface area contributed by atoms with Crippen LogP contribution in [0.5, 0.6) is 5.88 Å². The molecule has 2 aromatic rings. The molecular weight excluding hydrogens is 256 g/mol. The Kier molecular flexibility index (Phi) is 4.08. The topological polar surface area (TPSA) is 75.1 Å². The second-order valence-electron chi connectivity index (χ2n) is 4.96. The maximum Gasteiger partial charge on any atom is 0.331 e. The third-order valence-corrected chi connectivity index (χ3v) is 3.55. The first-order valence-corrected chi connectivity index (χ1v) is 6.58. The molecule has 1 aromatic heterocycles. The molecule has 0 aliphatic rings. The number of rotatable bonds is 4. The minimum absolute atomic E-state index is 0.164. The highest BCUT2D eigenvalue weighted by Gasteiger charge is 2.12.